The molecule has 0 aliphatic heterocycles. The zero-order valence-corrected chi connectivity index (χ0v) is 13.6. The molecule has 0 spiro atoms. The fourth-order valence-electron chi connectivity index (χ4n) is 1.95. The Morgan fingerprint density at radius 2 is 1.85 bits per heavy atom. The molecule has 1 nitrogen and oxygen atoms in total. The van der Waals surface area contributed by atoms with Crippen molar-refractivity contribution in [3.05, 3.63) is 63.9 Å². The maximum Gasteiger partial charge on any atom is 0.137 e. The van der Waals surface area contributed by atoms with E-state index in [1.807, 2.05) is 18.2 Å². The van der Waals surface area contributed by atoms with Crippen molar-refractivity contribution in [3.8, 4) is 0 Å². The van der Waals surface area contributed by atoms with E-state index in [9.17, 15) is 4.39 Å². The molecule has 2 aromatic carbocycles. The molecule has 2 rings (SSSR count). The van der Waals surface area contributed by atoms with Crippen LogP contribution < -0.4 is 5.32 Å². The smallest absolute Gasteiger partial charge is 0.137 e. The number of nitrogens with one attached hydrogen (secondary N) is 1. The van der Waals surface area contributed by atoms with Crippen LogP contribution in [0.25, 0.3) is 0 Å². The molecule has 0 unspecified atom stereocenters. The Morgan fingerprint density at radius 3 is 2.50 bits per heavy atom. The summed E-state index contributed by atoms with van der Waals surface area (Å²) in [6, 6.07) is 13.5. The van der Waals surface area contributed by atoms with Gasteiger partial charge in [0.05, 0.1) is 4.47 Å². The van der Waals surface area contributed by atoms with Gasteiger partial charge in [0.15, 0.2) is 0 Å². The van der Waals surface area contributed by atoms with E-state index in [0.29, 0.717) is 11.0 Å². The molecule has 0 aliphatic rings. The van der Waals surface area contributed by atoms with Gasteiger partial charge in [0.25, 0.3) is 0 Å². The molecular formula is C17H19BrFN. The largest absolute Gasteiger partial charge is 0.381 e. The van der Waals surface area contributed by atoms with Gasteiger partial charge in [-0.1, -0.05) is 39.0 Å². The number of benzene rings is 2. The van der Waals surface area contributed by atoms with E-state index >= 15 is 0 Å². The second-order valence-electron chi connectivity index (χ2n) is 5.93. The average molecular weight is 336 g/mol. The van der Waals surface area contributed by atoms with Crippen LogP contribution in [0, 0.1) is 5.82 Å². The minimum Gasteiger partial charge on any atom is -0.381 e. The van der Waals surface area contributed by atoms with Crippen LogP contribution in [0.4, 0.5) is 10.1 Å². The van der Waals surface area contributed by atoms with Gasteiger partial charge in [-0.15, -0.1) is 0 Å². The highest BCUT2D eigenvalue weighted by atomic mass is 79.9. The predicted octanol–water partition coefficient (Wildman–Crippen LogP) is 5.50. The third-order valence-electron chi connectivity index (χ3n) is 3.21. The lowest BCUT2D eigenvalue weighted by atomic mass is 9.87. The predicted molar refractivity (Wildman–Crippen MR) is 86.6 cm³/mol. The number of hydrogen-bond acceptors (Lipinski definition) is 1. The summed E-state index contributed by atoms with van der Waals surface area (Å²) in [4.78, 5) is 0. The molecule has 0 bridgehead atoms. The zero-order chi connectivity index (χ0) is 14.8. The van der Waals surface area contributed by atoms with Crippen molar-refractivity contribution in [1.29, 1.82) is 0 Å². The number of halogens is 2. The van der Waals surface area contributed by atoms with Crippen LogP contribution >= 0.6 is 15.9 Å². The Morgan fingerprint density at radius 1 is 1.10 bits per heavy atom. The third-order valence-corrected chi connectivity index (χ3v) is 3.85. The SMILES string of the molecule is CC(C)(C)c1cccc(NCc2ccc(Br)c(F)c2)c1. The highest BCUT2D eigenvalue weighted by Crippen LogP contribution is 2.25. The summed E-state index contributed by atoms with van der Waals surface area (Å²) in [6.45, 7) is 7.18. The molecule has 0 saturated heterocycles. The van der Waals surface area contributed by atoms with Crippen LogP contribution in [0.15, 0.2) is 46.9 Å². The van der Waals surface area contributed by atoms with Gasteiger partial charge in [0, 0.05) is 12.2 Å². The Kier molecular flexibility index (Phi) is 4.48. The van der Waals surface area contributed by atoms with Crippen molar-refractivity contribution < 1.29 is 4.39 Å². The van der Waals surface area contributed by atoms with Crippen molar-refractivity contribution in [1.82, 2.24) is 0 Å². The van der Waals surface area contributed by atoms with Crippen LogP contribution in [-0.2, 0) is 12.0 Å². The monoisotopic (exact) mass is 335 g/mol. The Bertz CT molecular complexity index is 602. The van der Waals surface area contributed by atoms with Gasteiger partial charge in [-0.3, -0.25) is 0 Å². The van der Waals surface area contributed by atoms with Gasteiger partial charge in [-0.2, -0.15) is 0 Å². The van der Waals surface area contributed by atoms with Gasteiger partial charge < -0.3 is 5.32 Å². The lowest BCUT2D eigenvalue weighted by Gasteiger charge is -2.20. The van der Waals surface area contributed by atoms with E-state index in [-0.39, 0.29) is 11.2 Å². The highest BCUT2D eigenvalue weighted by molar-refractivity contribution is 9.10. The summed E-state index contributed by atoms with van der Waals surface area (Å²) in [5.74, 6) is -0.229. The molecule has 2 aromatic rings. The molecule has 0 aliphatic carbocycles. The molecular weight excluding hydrogens is 317 g/mol. The van der Waals surface area contributed by atoms with Gasteiger partial charge in [-0.25, -0.2) is 4.39 Å². The fraction of sp³-hybridized carbons (Fsp3) is 0.294. The summed E-state index contributed by atoms with van der Waals surface area (Å²) in [7, 11) is 0. The molecule has 0 aromatic heterocycles. The number of rotatable bonds is 3. The molecule has 0 fully saturated rings. The first kappa shape index (κ1) is 15.0. The molecule has 0 radical (unpaired) electrons. The van der Waals surface area contributed by atoms with E-state index < -0.39 is 0 Å². The molecule has 0 atom stereocenters. The maximum atomic E-state index is 13.5. The summed E-state index contributed by atoms with van der Waals surface area (Å²) in [6.07, 6.45) is 0. The molecule has 0 amide bonds. The average Bonchev–Trinajstić information content (AvgIpc) is 2.39. The normalized spacial score (nSPS) is 11.4. The van der Waals surface area contributed by atoms with E-state index in [1.54, 1.807) is 12.1 Å². The Hall–Kier alpha value is -1.35. The van der Waals surface area contributed by atoms with Crippen LogP contribution in [0.1, 0.15) is 31.9 Å². The molecule has 3 heteroatoms. The van der Waals surface area contributed by atoms with E-state index in [4.69, 9.17) is 0 Å². The van der Waals surface area contributed by atoms with Crippen LogP contribution in [0.2, 0.25) is 0 Å². The van der Waals surface area contributed by atoms with Crippen molar-refractivity contribution in [3.63, 3.8) is 0 Å². The Labute approximate surface area is 128 Å². The minimum atomic E-state index is -0.229. The molecule has 0 heterocycles. The Balaban J connectivity index is 2.09. The zero-order valence-electron chi connectivity index (χ0n) is 12.0. The van der Waals surface area contributed by atoms with Crippen LogP contribution in [0.3, 0.4) is 0 Å². The number of anilines is 1. The van der Waals surface area contributed by atoms with Gasteiger partial charge in [0.2, 0.25) is 0 Å². The molecule has 0 saturated carbocycles. The first-order valence-corrected chi connectivity index (χ1v) is 7.44. The number of hydrogen-bond donors (Lipinski definition) is 1. The summed E-state index contributed by atoms with van der Waals surface area (Å²) >= 11 is 3.16. The quantitative estimate of drug-likeness (QED) is 0.781. The van der Waals surface area contributed by atoms with Crippen molar-refractivity contribution in [2.45, 2.75) is 32.7 Å². The fourth-order valence-corrected chi connectivity index (χ4v) is 2.20. The second-order valence-corrected chi connectivity index (χ2v) is 6.79. The summed E-state index contributed by atoms with van der Waals surface area (Å²) in [5.41, 5.74) is 3.39. The van der Waals surface area contributed by atoms with Crippen molar-refractivity contribution in [2.24, 2.45) is 0 Å². The van der Waals surface area contributed by atoms with Gasteiger partial charge in [-0.05, 0) is 56.7 Å². The topological polar surface area (TPSA) is 12.0 Å². The second kappa shape index (κ2) is 5.96. The van der Waals surface area contributed by atoms with E-state index in [0.717, 1.165) is 11.3 Å². The van der Waals surface area contributed by atoms with E-state index in [2.05, 4.69) is 54.2 Å². The van der Waals surface area contributed by atoms with E-state index in [1.165, 1.54) is 5.56 Å². The summed E-state index contributed by atoms with van der Waals surface area (Å²) in [5, 5.41) is 3.34. The third kappa shape index (κ3) is 3.83. The lowest BCUT2D eigenvalue weighted by molar-refractivity contribution is 0.590. The van der Waals surface area contributed by atoms with Crippen molar-refractivity contribution in [2.75, 3.05) is 5.32 Å². The molecule has 106 valence electrons. The first-order valence-electron chi connectivity index (χ1n) is 6.64. The standard InChI is InChI=1S/C17H19BrFN/c1-17(2,3)13-5-4-6-14(10-13)20-11-12-7-8-15(18)16(19)9-12/h4-10,20H,11H2,1-3H3. The minimum absolute atomic E-state index is 0.126. The maximum absolute atomic E-state index is 13.5. The highest BCUT2D eigenvalue weighted by Gasteiger charge is 2.13. The molecule has 1 N–H and O–H groups in total. The summed E-state index contributed by atoms with van der Waals surface area (Å²) < 4.78 is 13.9. The van der Waals surface area contributed by atoms with Crippen molar-refractivity contribution >= 4 is 21.6 Å². The van der Waals surface area contributed by atoms with Crippen LogP contribution in [-0.4, -0.2) is 0 Å². The van der Waals surface area contributed by atoms with Crippen LogP contribution in [0.5, 0.6) is 0 Å². The first-order chi connectivity index (χ1) is 9.36. The van der Waals surface area contributed by atoms with Gasteiger partial charge >= 0.3 is 0 Å². The molecule has 20 heavy (non-hydrogen) atoms. The lowest BCUT2D eigenvalue weighted by Crippen LogP contribution is -2.11. The van der Waals surface area contributed by atoms with Gasteiger partial charge in [0.1, 0.15) is 5.82 Å².